The lowest BCUT2D eigenvalue weighted by Crippen LogP contribution is -1.95. The van der Waals surface area contributed by atoms with E-state index in [0.29, 0.717) is 5.69 Å². The number of aromatic carboxylic acids is 1. The van der Waals surface area contributed by atoms with Crippen molar-refractivity contribution in [2.75, 3.05) is 0 Å². The van der Waals surface area contributed by atoms with E-state index in [4.69, 9.17) is 9.52 Å². The minimum atomic E-state index is -1.03. The molecule has 0 fully saturated rings. The van der Waals surface area contributed by atoms with Gasteiger partial charge in [-0.15, -0.1) is 0 Å². The third-order valence-electron chi connectivity index (χ3n) is 2.63. The lowest BCUT2D eigenvalue weighted by atomic mass is 10.1. The molecule has 90 valence electrons. The molecule has 5 nitrogen and oxygen atoms in total. The molecule has 0 radical (unpaired) electrons. The number of halogens is 1. The van der Waals surface area contributed by atoms with Crippen LogP contribution in [0, 0.1) is 0 Å². The predicted molar refractivity (Wildman–Crippen MR) is 68.5 cm³/mol. The monoisotopic (exact) mass is 306 g/mol. The Morgan fingerprint density at radius 3 is 2.94 bits per heavy atom. The van der Waals surface area contributed by atoms with Gasteiger partial charge in [-0.3, -0.25) is 5.10 Å². The minimum absolute atomic E-state index is 0.0661. The second kappa shape index (κ2) is 3.99. The Balaban J connectivity index is 2.12. The number of carboxylic acids is 1. The number of benzene rings is 1. The van der Waals surface area contributed by atoms with E-state index in [1.165, 1.54) is 6.07 Å². The molecule has 2 aromatic heterocycles. The summed E-state index contributed by atoms with van der Waals surface area (Å²) in [5.74, 6) is -1.03. The van der Waals surface area contributed by atoms with Gasteiger partial charge in [0, 0.05) is 10.9 Å². The summed E-state index contributed by atoms with van der Waals surface area (Å²) >= 11 is 3.39. The fourth-order valence-corrected chi connectivity index (χ4v) is 2.14. The van der Waals surface area contributed by atoms with Crippen LogP contribution in [0.3, 0.4) is 0 Å². The fourth-order valence-electron chi connectivity index (χ4n) is 1.74. The van der Waals surface area contributed by atoms with Crippen molar-refractivity contribution in [1.82, 2.24) is 10.2 Å². The molecule has 3 aromatic rings. The molecule has 0 spiro atoms. The van der Waals surface area contributed by atoms with Crippen LogP contribution in [0.5, 0.6) is 0 Å². The number of nitrogens with zero attached hydrogens (tertiary/aromatic N) is 1. The van der Waals surface area contributed by atoms with E-state index in [-0.39, 0.29) is 5.69 Å². The summed E-state index contributed by atoms with van der Waals surface area (Å²) in [5.41, 5.74) is 2.24. The van der Waals surface area contributed by atoms with Crippen molar-refractivity contribution in [1.29, 1.82) is 0 Å². The minimum Gasteiger partial charge on any atom is -0.477 e. The molecular weight excluding hydrogens is 300 g/mol. The van der Waals surface area contributed by atoms with E-state index >= 15 is 0 Å². The molecule has 0 bridgehead atoms. The van der Waals surface area contributed by atoms with Crippen LogP contribution in [-0.4, -0.2) is 21.3 Å². The first-order valence-corrected chi connectivity index (χ1v) is 5.90. The molecule has 0 aliphatic rings. The van der Waals surface area contributed by atoms with Gasteiger partial charge in [0.15, 0.2) is 0 Å². The maximum absolute atomic E-state index is 10.8. The summed E-state index contributed by atoms with van der Waals surface area (Å²) in [6, 6.07) is 7.05. The standard InChI is InChI=1S/C12H7BrN2O3/c13-8-5-18-11-2-1-6(3-7(8)11)9-4-10(12(16)17)15-14-9/h1-5H,(H,14,15)(H,16,17). The van der Waals surface area contributed by atoms with Gasteiger partial charge in [-0.2, -0.15) is 5.10 Å². The summed E-state index contributed by atoms with van der Waals surface area (Å²) in [6.45, 7) is 0. The van der Waals surface area contributed by atoms with Crippen LogP contribution in [0.15, 0.2) is 39.4 Å². The summed E-state index contributed by atoms with van der Waals surface area (Å²) in [7, 11) is 0. The molecule has 0 amide bonds. The fraction of sp³-hybridized carbons (Fsp3) is 0. The molecule has 3 rings (SSSR count). The van der Waals surface area contributed by atoms with Crippen LogP contribution in [0.4, 0.5) is 0 Å². The zero-order valence-corrected chi connectivity index (χ0v) is 10.6. The Morgan fingerprint density at radius 1 is 1.39 bits per heavy atom. The smallest absolute Gasteiger partial charge is 0.353 e. The highest BCUT2D eigenvalue weighted by atomic mass is 79.9. The Kier molecular flexibility index (Phi) is 2.45. The summed E-state index contributed by atoms with van der Waals surface area (Å²) in [6.07, 6.45) is 1.61. The summed E-state index contributed by atoms with van der Waals surface area (Å²) in [4.78, 5) is 10.8. The van der Waals surface area contributed by atoms with Crippen LogP contribution in [0.25, 0.3) is 22.2 Å². The third kappa shape index (κ3) is 1.70. The number of hydrogen-bond donors (Lipinski definition) is 2. The molecule has 0 aliphatic heterocycles. The lowest BCUT2D eigenvalue weighted by molar-refractivity contribution is 0.0690. The molecule has 6 heteroatoms. The number of aromatic nitrogens is 2. The van der Waals surface area contributed by atoms with Gasteiger partial charge in [0.25, 0.3) is 0 Å². The molecule has 2 N–H and O–H groups in total. The van der Waals surface area contributed by atoms with Crippen molar-refractivity contribution in [3.8, 4) is 11.3 Å². The van der Waals surface area contributed by atoms with Gasteiger partial charge in [0.2, 0.25) is 0 Å². The van der Waals surface area contributed by atoms with Crippen molar-refractivity contribution in [2.24, 2.45) is 0 Å². The van der Waals surface area contributed by atoms with Crippen molar-refractivity contribution < 1.29 is 14.3 Å². The number of fused-ring (bicyclic) bond motifs is 1. The Bertz CT molecular complexity index is 745. The van der Waals surface area contributed by atoms with Crippen LogP contribution in [0.1, 0.15) is 10.5 Å². The summed E-state index contributed by atoms with van der Waals surface area (Å²) < 4.78 is 6.17. The largest absolute Gasteiger partial charge is 0.477 e. The zero-order valence-electron chi connectivity index (χ0n) is 8.98. The van der Waals surface area contributed by atoms with Gasteiger partial charge < -0.3 is 9.52 Å². The van der Waals surface area contributed by atoms with E-state index in [1.54, 1.807) is 6.26 Å². The third-order valence-corrected chi connectivity index (χ3v) is 3.24. The Labute approximate surface area is 110 Å². The second-order valence-corrected chi connectivity index (χ2v) is 4.62. The molecule has 0 saturated heterocycles. The van der Waals surface area contributed by atoms with Gasteiger partial charge in [0.1, 0.15) is 17.5 Å². The molecule has 18 heavy (non-hydrogen) atoms. The van der Waals surface area contributed by atoms with Crippen LogP contribution in [-0.2, 0) is 0 Å². The van der Waals surface area contributed by atoms with Crippen LogP contribution >= 0.6 is 15.9 Å². The number of nitrogens with one attached hydrogen (secondary N) is 1. The first-order valence-electron chi connectivity index (χ1n) is 5.11. The quantitative estimate of drug-likeness (QED) is 0.761. The molecule has 0 unspecified atom stereocenters. The van der Waals surface area contributed by atoms with Crippen LogP contribution in [0.2, 0.25) is 0 Å². The number of carbonyl (C=O) groups is 1. The van der Waals surface area contributed by atoms with Crippen molar-refractivity contribution >= 4 is 32.9 Å². The van der Waals surface area contributed by atoms with Gasteiger partial charge in [-0.05, 0) is 40.2 Å². The SMILES string of the molecule is O=C(O)c1cc(-c2ccc3occ(Br)c3c2)n[nH]1. The topological polar surface area (TPSA) is 79.1 Å². The number of rotatable bonds is 2. The van der Waals surface area contributed by atoms with Gasteiger partial charge in [-0.25, -0.2) is 4.79 Å². The van der Waals surface area contributed by atoms with Crippen molar-refractivity contribution in [3.05, 3.63) is 40.7 Å². The van der Waals surface area contributed by atoms with Crippen molar-refractivity contribution in [2.45, 2.75) is 0 Å². The van der Waals surface area contributed by atoms with E-state index in [1.807, 2.05) is 18.2 Å². The van der Waals surface area contributed by atoms with E-state index in [9.17, 15) is 4.79 Å². The van der Waals surface area contributed by atoms with Gasteiger partial charge in [0.05, 0.1) is 10.2 Å². The maximum atomic E-state index is 10.8. The normalized spacial score (nSPS) is 10.9. The number of carboxylic acid groups (broad SMARTS) is 1. The second-order valence-electron chi connectivity index (χ2n) is 3.77. The van der Waals surface area contributed by atoms with Crippen molar-refractivity contribution in [3.63, 3.8) is 0 Å². The number of H-pyrrole nitrogens is 1. The average Bonchev–Trinajstić information content (AvgIpc) is 2.96. The lowest BCUT2D eigenvalue weighted by Gasteiger charge is -1.96. The Hall–Kier alpha value is -2.08. The van der Waals surface area contributed by atoms with Crippen LogP contribution < -0.4 is 0 Å². The predicted octanol–water partition coefficient (Wildman–Crippen LogP) is 3.28. The highest BCUT2D eigenvalue weighted by Gasteiger charge is 2.11. The molecule has 0 aliphatic carbocycles. The Morgan fingerprint density at radius 2 is 2.22 bits per heavy atom. The molecule has 0 atom stereocenters. The maximum Gasteiger partial charge on any atom is 0.353 e. The van der Waals surface area contributed by atoms with E-state index in [0.717, 1.165) is 21.0 Å². The molecule has 0 saturated carbocycles. The van der Waals surface area contributed by atoms with E-state index in [2.05, 4.69) is 26.1 Å². The number of hydrogen-bond acceptors (Lipinski definition) is 3. The molecular formula is C12H7BrN2O3. The van der Waals surface area contributed by atoms with Gasteiger partial charge in [-0.1, -0.05) is 0 Å². The van der Waals surface area contributed by atoms with Gasteiger partial charge >= 0.3 is 5.97 Å². The average molecular weight is 307 g/mol. The first-order chi connectivity index (χ1) is 8.65. The molecule has 2 heterocycles. The first kappa shape index (κ1) is 11.0. The van der Waals surface area contributed by atoms with E-state index < -0.39 is 5.97 Å². The zero-order chi connectivity index (χ0) is 12.7. The summed E-state index contributed by atoms with van der Waals surface area (Å²) in [5, 5.41) is 16.2. The number of aromatic amines is 1. The highest BCUT2D eigenvalue weighted by Crippen LogP contribution is 2.30. The number of furan rings is 1. The molecule has 1 aromatic carbocycles. The highest BCUT2D eigenvalue weighted by molar-refractivity contribution is 9.10.